The normalized spacial score (nSPS) is 12.2. The second kappa shape index (κ2) is 8.15. The summed E-state index contributed by atoms with van der Waals surface area (Å²) in [6.07, 6.45) is 0. The number of aryl methyl sites for hydroxylation is 2. The Morgan fingerprint density at radius 1 is 0.853 bits per heavy atom. The van der Waals surface area contributed by atoms with E-state index in [1.807, 2.05) is 26.0 Å². The molecule has 0 atom stereocenters. The van der Waals surface area contributed by atoms with Crippen molar-refractivity contribution in [2.75, 3.05) is 0 Å². The third-order valence-corrected chi connectivity index (χ3v) is 6.91. The van der Waals surface area contributed by atoms with Crippen molar-refractivity contribution in [2.24, 2.45) is 7.05 Å². The van der Waals surface area contributed by atoms with Crippen molar-refractivity contribution in [1.82, 2.24) is 0 Å². The van der Waals surface area contributed by atoms with Crippen molar-refractivity contribution in [3.8, 4) is 22.4 Å². The molecule has 2 aromatic heterocycles. The highest BCUT2D eigenvalue weighted by atomic mass is 16.3. The Labute approximate surface area is 202 Å². The number of hydrogen-bond donors (Lipinski definition) is 0. The van der Waals surface area contributed by atoms with Gasteiger partial charge in [-0.3, -0.25) is 0 Å². The Morgan fingerprint density at radius 3 is 2.15 bits per heavy atom. The minimum atomic E-state index is -0.681. The molecular weight excluding hydrogens is 416 g/mol. The van der Waals surface area contributed by atoms with Gasteiger partial charge in [-0.25, -0.2) is 4.85 Å². The maximum Gasteiger partial charge on any atom is 0.216 e. The van der Waals surface area contributed by atoms with Gasteiger partial charge in [-0.15, -0.1) is 0 Å². The van der Waals surface area contributed by atoms with Gasteiger partial charge in [0.25, 0.3) is 0 Å². The van der Waals surface area contributed by atoms with Crippen molar-refractivity contribution < 1.29 is 10.4 Å². The molecule has 0 spiro atoms. The molecule has 0 fully saturated rings. The standard InChI is InChI=1S/C31H29N2O/c1-18(2)23-15-17-27(33(7)21(23)5)28-20(4)10-13-24-25-14-16-26(32-6)29(31(25)34-30(24)28)22-11-8-19(3)9-12-22/h8-18H,1-5,7H3/q+1/i18D. The van der Waals surface area contributed by atoms with E-state index in [1.165, 1.54) is 5.56 Å². The van der Waals surface area contributed by atoms with E-state index < -0.39 is 5.89 Å². The third kappa shape index (κ3) is 3.30. The molecule has 3 nitrogen and oxygen atoms in total. The van der Waals surface area contributed by atoms with E-state index >= 15 is 0 Å². The molecule has 0 saturated carbocycles. The quantitative estimate of drug-likeness (QED) is 0.202. The van der Waals surface area contributed by atoms with E-state index in [-0.39, 0.29) is 0 Å². The number of benzene rings is 3. The van der Waals surface area contributed by atoms with Crippen LogP contribution in [0.2, 0.25) is 0 Å². The Morgan fingerprint density at radius 2 is 1.50 bits per heavy atom. The molecule has 0 unspecified atom stereocenters. The number of rotatable bonds is 3. The monoisotopic (exact) mass is 446 g/mol. The Bertz CT molecular complexity index is 1660. The lowest BCUT2D eigenvalue weighted by Crippen LogP contribution is -2.36. The van der Waals surface area contributed by atoms with Crippen molar-refractivity contribution in [2.45, 2.75) is 40.5 Å². The minimum absolute atomic E-state index is 0.585. The molecule has 2 heterocycles. The molecule has 0 aliphatic carbocycles. The number of pyridine rings is 1. The number of fused-ring (bicyclic) bond motifs is 3. The first-order valence-electron chi connectivity index (χ1n) is 12.1. The van der Waals surface area contributed by atoms with E-state index in [0.717, 1.165) is 61.1 Å². The van der Waals surface area contributed by atoms with Crippen LogP contribution in [-0.4, -0.2) is 0 Å². The molecule has 168 valence electrons. The lowest BCUT2D eigenvalue weighted by Gasteiger charge is -2.11. The van der Waals surface area contributed by atoms with Crippen LogP contribution in [0.1, 0.15) is 43.5 Å². The molecule has 0 amide bonds. The van der Waals surface area contributed by atoms with Gasteiger partial charge in [-0.1, -0.05) is 67.9 Å². The minimum Gasteiger partial charge on any atom is -0.456 e. The van der Waals surface area contributed by atoms with Crippen LogP contribution in [0.5, 0.6) is 0 Å². The van der Waals surface area contributed by atoms with E-state index in [0.29, 0.717) is 5.69 Å². The maximum absolute atomic E-state index is 8.53. The summed E-state index contributed by atoms with van der Waals surface area (Å²) in [5.41, 5.74) is 10.4. The summed E-state index contributed by atoms with van der Waals surface area (Å²) >= 11 is 0. The van der Waals surface area contributed by atoms with Crippen LogP contribution in [0.15, 0.2) is 65.1 Å². The average Bonchev–Trinajstić information content (AvgIpc) is 3.19. The number of furan rings is 1. The zero-order valence-corrected chi connectivity index (χ0v) is 20.6. The van der Waals surface area contributed by atoms with E-state index in [2.05, 4.69) is 85.8 Å². The number of nitrogens with zero attached hydrogens (tertiary/aromatic N) is 2. The second-order valence-electron chi connectivity index (χ2n) is 9.33. The maximum atomic E-state index is 8.53. The van der Waals surface area contributed by atoms with Gasteiger partial charge in [0, 0.05) is 36.3 Å². The highest BCUT2D eigenvalue weighted by molar-refractivity contribution is 6.15. The molecule has 0 aliphatic heterocycles. The third-order valence-electron chi connectivity index (χ3n) is 6.91. The fourth-order valence-corrected chi connectivity index (χ4v) is 4.94. The summed E-state index contributed by atoms with van der Waals surface area (Å²) in [5, 5.41) is 2.04. The molecule has 34 heavy (non-hydrogen) atoms. The van der Waals surface area contributed by atoms with Crippen molar-refractivity contribution in [3.05, 3.63) is 94.5 Å². The number of aromatic nitrogens is 1. The van der Waals surface area contributed by atoms with Gasteiger partial charge < -0.3 is 4.42 Å². The highest BCUT2D eigenvalue weighted by Crippen LogP contribution is 2.44. The summed E-state index contributed by atoms with van der Waals surface area (Å²) in [7, 11) is 2.05. The fourth-order valence-electron chi connectivity index (χ4n) is 4.94. The molecule has 5 aromatic rings. The van der Waals surface area contributed by atoms with Gasteiger partial charge in [0.15, 0.2) is 11.4 Å². The van der Waals surface area contributed by atoms with Crippen LogP contribution in [0, 0.1) is 27.3 Å². The topological polar surface area (TPSA) is 21.4 Å². The number of hydrogen-bond acceptors (Lipinski definition) is 1. The smallest absolute Gasteiger partial charge is 0.216 e. The van der Waals surface area contributed by atoms with Crippen molar-refractivity contribution >= 4 is 27.6 Å². The molecular formula is C31H29N2O+. The molecule has 3 heteroatoms. The summed E-state index contributed by atoms with van der Waals surface area (Å²) in [5.74, 6) is -0.681. The summed E-state index contributed by atoms with van der Waals surface area (Å²) in [4.78, 5) is 3.81. The fraction of sp³-hybridized carbons (Fsp3) is 0.226. The van der Waals surface area contributed by atoms with Gasteiger partial charge in [-0.2, -0.15) is 4.57 Å². The van der Waals surface area contributed by atoms with Gasteiger partial charge in [0.1, 0.15) is 18.2 Å². The first-order chi connectivity index (χ1) is 16.6. The Balaban J connectivity index is 1.86. The molecule has 0 radical (unpaired) electrons. The van der Waals surface area contributed by atoms with Crippen LogP contribution in [0.3, 0.4) is 0 Å². The van der Waals surface area contributed by atoms with Crippen LogP contribution in [0.25, 0.3) is 49.2 Å². The predicted octanol–water partition coefficient (Wildman–Crippen LogP) is 8.34. The van der Waals surface area contributed by atoms with Crippen molar-refractivity contribution in [3.63, 3.8) is 0 Å². The summed E-state index contributed by atoms with van der Waals surface area (Å²) in [6, 6.07) is 20.6. The highest BCUT2D eigenvalue weighted by Gasteiger charge is 2.25. The second-order valence-corrected chi connectivity index (χ2v) is 9.33. The average molecular weight is 447 g/mol. The molecule has 0 N–H and O–H groups in total. The molecule has 0 bridgehead atoms. The van der Waals surface area contributed by atoms with Crippen LogP contribution >= 0.6 is 0 Å². The summed E-state index contributed by atoms with van der Waals surface area (Å²) < 4.78 is 17.4. The SMILES string of the molecule is [2H]C(C)(C)c1ccc(-c2c(C)ccc3c2oc2c(-c4ccc(C)cc4)c([N+]#[C-])ccc23)[n+](C)c1C. The summed E-state index contributed by atoms with van der Waals surface area (Å²) in [6.45, 7) is 17.9. The van der Waals surface area contributed by atoms with Crippen LogP contribution < -0.4 is 4.57 Å². The predicted molar refractivity (Wildman–Crippen MR) is 140 cm³/mol. The first kappa shape index (κ1) is 20.7. The molecule has 5 rings (SSSR count). The van der Waals surface area contributed by atoms with Gasteiger partial charge in [0.05, 0.1) is 12.1 Å². The Kier molecular flexibility index (Phi) is 4.96. The lowest BCUT2D eigenvalue weighted by atomic mass is 9.96. The zero-order chi connectivity index (χ0) is 25.1. The zero-order valence-electron chi connectivity index (χ0n) is 21.6. The van der Waals surface area contributed by atoms with Crippen LogP contribution in [-0.2, 0) is 7.05 Å². The van der Waals surface area contributed by atoms with Crippen molar-refractivity contribution in [1.29, 1.82) is 0 Å². The molecule has 0 aliphatic rings. The van der Waals surface area contributed by atoms with Gasteiger partial charge >= 0.3 is 0 Å². The first-order valence-corrected chi connectivity index (χ1v) is 11.6. The molecule has 0 saturated heterocycles. The molecule has 3 aromatic carbocycles. The largest absolute Gasteiger partial charge is 0.456 e. The van der Waals surface area contributed by atoms with Gasteiger partial charge in [0.2, 0.25) is 5.69 Å². The van der Waals surface area contributed by atoms with Gasteiger partial charge in [-0.05, 0) is 36.9 Å². The Hall–Kier alpha value is -3.90. The van der Waals surface area contributed by atoms with Crippen LogP contribution in [0.4, 0.5) is 5.69 Å². The van der Waals surface area contributed by atoms with E-state index in [9.17, 15) is 0 Å². The lowest BCUT2D eigenvalue weighted by molar-refractivity contribution is -0.667. The van der Waals surface area contributed by atoms with E-state index in [4.69, 9.17) is 12.4 Å². The van der Waals surface area contributed by atoms with E-state index in [1.54, 1.807) is 0 Å².